The molecule has 0 radical (unpaired) electrons. The molecule has 1 aromatic heterocycles. The van der Waals surface area contributed by atoms with Crippen molar-refractivity contribution >= 4 is 17.7 Å². The summed E-state index contributed by atoms with van der Waals surface area (Å²) >= 11 is 1.45. The molecule has 0 N–H and O–H groups in total. The molecule has 0 aliphatic heterocycles. The summed E-state index contributed by atoms with van der Waals surface area (Å²) < 4.78 is 16.9. The van der Waals surface area contributed by atoms with Gasteiger partial charge < -0.3 is 0 Å². The number of hydrogen-bond acceptors (Lipinski definition) is 4. The molecule has 3 nitrogen and oxygen atoms in total. The lowest BCUT2D eigenvalue weighted by molar-refractivity contribution is 0.612. The lowest BCUT2D eigenvalue weighted by Gasteiger charge is -2.13. The van der Waals surface area contributed by atoms with Crippen LogP contribution >= 0.6 is 11.9 Å². The van der Waals surface area contributed by atoms with E-state index in [-0.39, 0.29) is 4.75 Å². The highest BCUT2D eigenvalue weighted by Gasteiger charge is 2.11. The summed E-state index contributed by atoms with van der Waals surface area (Å²) in [5, 5.41) is 0. The van der Waals surface area contributed by atoms with Crippen LogP contribution < -0.4 is 0 Å². The van der Waals surface area contributed by atoms with E-state index in [0.717, 1.165) is 12.4 Å². The Hall–Kier alpha value is -0.970. The zero-order chi connectivity index (χ0) is 11.5. The van der Waals surface area contributed by atoms with Gasteiger partial charge in [-0.3, -0.25) is 0 Å². The molecule has 1 rings (SSSR count). The zero-order valence-electron chi connectivity index (χ0n) is 9.28. The molecule has 0 unspecified atom stereocenters. The maximum absolute atomic E-state index is 12.6. The van der Waals surface area contributed by atoms with Gasteiger partial charge in [0, 0.05) is 4.75 Å². The van der Waals surface area contributed by atoms with Crippen molar-refractivity contribution in [1.29, 1.82) is 0 Å². The van der Waals surface area contributed by atoms with Crippen molar-refractivity contribution in [2.75, 3.05) is 0 Å². The normalized spacial score (nSPS) is 13.0. The number of rotatable bonds is 2. The van der Waals surface area contributed by atoms with Crippen LogP contribution in [-0.2, 0) is 0 Å². The van der Waals surface area contributed by atoms with Crippen LogP contribution in [0.25, 0.3) is 0 Å². The summed E-state index contributed by atoms with van der Waals surface area (Å²) in [5.74, 6) is 0.0307. The first-order valence-corrected chi connectivity index (χ1v) is 5.36. The predicted octanol–water partition coefficient (Wildman–Crippen LogP) is 2.87. The molecule has 0 aliphatic rings. The minimum atomic E-state index is -0.435. The van der Waals surface area contributed by atoms with Gasteiger partial charge in [-0.05, 0) is 39.6 Å². The van der Waals surface area contributed by atoms with Gasteiger partial charge in [-0.1, -0.05) is 0 Å². The minimum Gasteiger partial charge on any atom is -0.232 e. The average Bonchev–Trinajstić information content (AvgIpc) is 2.14. The second-order valence-electron chi connectivity index (χ2n) is 4.11. The Morgan fingerprint density at radius 3 is 2.33 bits per heavy atom. The molecule has 1 heterocycles. The molecule has 0 atom stereocenters. The topological polar surface area (TPSA) is 38.1 Å². The van der Waals surface area contributed by atoms with E-state index in [1.54, 1.807) is 0 Å². The van der Waals surface area contributed by atoms with Crippen LogP contribution in [0.3, 0.4) is 0 Å². The molecule has 0 spiro atoms. The molecule has 1 aromatic rings. The van der Waals surface area contributed by atoms with E-state index in [0.29, 0.717) is 11.5 Å². The fourth-order valence-corrected chi connectivity index (χ4v) is 1.24. The number of aromatic nitrogens is 2. The van der Waals surface area contributed by atoms with E-state index in [2.05, 4.69) is 35.1 Å². The van der Waals surface area contributed by atoms with Gasteiger partial charge in [-0.15, -0.1) is 0 Å². The predicted molar refractivity (Wildman–Crippen MR) is 61.5 cm³/mol. The van der Waals surface area contributed by atoms with Gasteiger partial charge >= 0.3 is 0 Å². The second-order valence-corrected chi connectivity index (χ2v) is 5.70. The quantitative estimate of drug-likeness (QED) is 0.576. The van der Waals surface area contributed by atoms with Crippen LogP contribution in [0.1, 0.15) is 33.5 Å². The van der Waals surface area contributed by atoms with E-state index in [1.165, 1.54) is 11.9 Å². The van der Waals surface area contributed by atoms with Crippen molar-refractivity contribution in [2.24, 2.45) is 4.40 Å². The van der Waals surface area contributed by atoms with Crippen molar-refractivity contribution in [2.45, 2.75) is 32.4 Å². The highest BCUT2D eigenvalue weighted by molar-refractivity contribution is 7.99. The van der Waals surface area contributed by atoms with Gasteiger partial charge in [-0.25, -0.2) is 18.8 Å². The molecule has 0 saturated carbocycles. The highest BCUT2D eigenvalue weighted by Crippen LogP contribution is 2.24. The first kappa shape index (κ1) is 12.1. The molecule has 0 saturated heterocycles. The number of halogens is 1. The van der Waals surface area contributed by atoms with Crippen molar-refractivity contribution in [3.63, 3.8) is 0 Å². The van der Waals surface area contributed by atoms with Gasteiger partial charge in [0.05, 0.1) is 18.1 Å². The first-order valence-electron chi connectivity index (χ1n) is 4.59. The highest BCUT2D eigenvalue weighted by atomic mass is 32.2. The average molecular weight is 227 g/mol. The van der Waals surface area contributed by atoms with Crippen LogP contribution in [0, 0.1) is 5.82 Å². The Balaban J connectivity index is 2.76. The number of hydrogen-bond donors (Lipinski definition) is 0. The molecular weight excluding hydrogens is 213 g/mol. The zero-order valence-corrected chi connectivity index (χ0v) is 10.1. The van der Waals surface area contributed by atoms with Gasteiger partial charge in [0.1, 0.15) is 0 Å². The molecule has 5 heteroatoms. The van der Waals surface area contributed by atoms with E-state index in [1.807, 2.05) is 6.92 Å². The lowest BCUT2D eigenvalue weighted by atomic mass is 10.3. The molecule has 0 aliphatic carbocycles. The summed E-state index contributed by atoms with van der Waals surface area (Å²) in [5.41, 5.74) is 0.704. The fourth-order valence-electron chi connectivity index (χ4n) is 0.745. The van der Waals surface area contributed by atoms with Crippen molar-refractivity contribution in [3.05, 3.63) is 24.0 Å². The Kier molecular flexibility index (Phi) is 3.79. The molecule has 0 fully saturated rings. The molecular formula is C10H14FN3S. The molecule has 82 valence electrons. The van der Waals surface area contributed by atoms with Crippen molar-refractivity contribution < 1.29 is 4.39 Å². The van der Waals surface area contributed by atoms with Gasteiger partial charge in [0.25, 0.3) is 0 Å². The van der Waals surface area contributed by atoms with Crippen LogP contribution in [0.2, 0.25) is 0 Å². The SMILES string of the molecule is CC(=NSC(C)(C)C)c1ncc(F)cn1. The molecule has 0 amide bonds. The summed E-state index contributed by atoms with van der Waals surface area (Å²) in [7, 11) is 0. The second kappa shape index (κ2) is 4.70. The summed E-state index contributed by atoms with van der Waals surface area (Å²) in [6.07, 6.45) is 2.28. The Labute approximate surface area is 93.4 Å². The Morgan fingerprint density at radius 1 is 1.33 bits per heavy atom. The first-order chi connectivity index (χ1) is 6.88. The summed E-state index contributed by atoms with van der Waals surface area (Å²) in [6.45, 7) is 8.02. The van der Waals surface area contributed by atoms with Crippen LogP contribution in [0.15, 0.2) is 16.8 Å². The van der Waals surface area contributed by atoms with E-state index in [4.69, 9.17) is 0 Å². The third-order valence-corrected chi connectivity index (χ3v) is 2.31. The third-order valence-electron chi connectivity index (χ3n) is 1.40. The van der Waals surface area contributed by atoms with Crippen molar-refractivity contribution in [3.8, 4) is 0 Å². The Morgan fingerprint density at radius 2 is 1.87 bits per heavy atom. The van der Waals surface area contributed by atoms with Gasteiger partial charge in [-0.2, -0.15) is 0 Å². The standard InChI is InChI=1S/C10H14FN3S/c1-7(14-15-10(2,3)4)9-12-5-8(11)6-13-9/h5-6H,1-4H3. The van der Waals surface area contributed by atoms with E-state index < -0.39 is 5.82 Å². The van der Waals surface area contributed by atoms with Gasteiger partial charge in [0.2, 0.25) is 0 Å². The minimum absolute atomic E-state index is 0.0568. The van der Waals surface area contributed by atoms with Crippen LogP contribution in [0.5, 0.6) is 0 Å². The fraction of sp³-hybridized carbons (Fsp3) is 0.500. The summed E-state index contributed by atoms with van der Waals surface area (Å²) in [4.78, 5) is 7.70. The maximum atomic E-state index is 12.6. The van der Waals surface area contributed by atoms with Crippen LogP contribution in [-0.4, -0.2) is 20.4 Å². The monoisotopic (exact) mass is 227 g/mol. The molecule has 0 bridgehead atoms. The van der Waals surface area contributed by atoms with E-state index in [9.17, 15) is 4.39 Å². The van der Waals surface area contributed by atoms with E-state index >= 15 is 0 Å². The molecule has 15 heavy (non-hydrogen) atoms. The number of nitrogens with zero attached hydrogens (tertiary/aromatic N) is 3. The lowest BCUT2D eigenvalue weighted by Crippen LogP contribution is -2.07. The Bertz CT molecular complexity index is 354. The largest absolute Gasteiger partial charge is 0.232 e. The third kappa shape index (κ3) is 4.38. The molecule has 0 aromatic carbocycles. The van der Waals surface area contributed by atoms with Crippen molar-refractivity contribution in [1.82, 2.24) is 9.97 Å². The van der Waals surface area contributed by atoms with Gasteiger partial charge in [0.15, 0.2) is 11.6 Å². The van der Waals surface area contributed by atoms with Crippen LogP contribution in [0.4, 0.5) is 4.39 Å². The maximum Gasteiger partial charge on any atom is 0.174 e. The smallest absolute Gasteiger partial charge is 0.174 e. The summed E-state index contributed by atoms with van der Waals surface area (Å²) in [6, 6.07) is 0.